The molecule has 0 aliphatic carbocycles. The summed E-state index contributed by atoms with van der Waals surface area (Å²) in [5.41, 5.74) is 5.40. The number of halogens is 3. The average Bonchev–Trinajstić information content (AvgIpc) is 2.24. The van der Waals surface area contributed by atoms with Crippen LogP contribution in [0.2, 0.25) is 0 Å². The molecule has 3 N–H and O–H groups in total. The number of aliphatic carboxylic acids is 1. The van der Waals surface area contributed by atoms with E-state index in [2.05, 4.69) is 0 Å². The van der Waals surface area contributed by atoms with Gasteiger partial charge < -0.3 is 10.8 Å². The van der Waals surface area contributed by atoms with Gasteiger partial charge in [-0.25, -0.2) is 0 Å². The predicted molar refractivity (Wildman–Crippen MR) is 60.1 cm³/mol. The summed E-state index contributed by atoms with van der Waals surface area (Å²) in [7, 11) is 0. The molecule has 0 aliphatic heterocycles. The fourth-order valence-electron chi connectivity index (χ4n) is 1.71. The minimum Gasteiger partial charge on any atom is -0.481 e. The third-order valence-corrected chi connectivity index (χ3v) is 2.70. The van der Waals surface area contributed by atoms with Crippen LogP contribution in [0.15, 0.2) is 24.3 Å². The molecule has 1 aromatic carbocycles. The topological polar surface area (TPSA) is 63.3 Å². The highest BCUT2D eigenvalue weighted by molar-refractivity contribution is 5.68. The average molecular weight is 261 g/mol. The normalized spacial score (nSPS) is 15.2. The zero-order chi connectivity index (χ0) is 13.9. The van der Waals surface area contributed by atoms with Crippen LogP contribution in [-0.4, -0.2) is 17.1 Å². The van der Waals surface area contributed by atoms with Gasteiger partial charge in [-0.2, -0.15) is 13.2 Å². The van der Waals surface area contributed by atoms with Crippen LogP contribution in [-0.2, 0) is 11.0 Å². The Morgan fingerprint density at radius 2 is 1.83 bits per heavy atom. The molecule has 100 valence electrons. The largest absolute Gasteiger partial charge is 0.481 e. The second-order valence-electron chi connectivity index (χ2n) is 4.18. The van der Waals surface area contributed by atoms with E-state index in [4.69, 9.17) is 10.8 Å². The SMILES string of the molecule is CC(N)C(CC(=O)O)c1ccc(C(F)(F)F)cc1. The van der Waals surface area contributed by atoms with Gasteiger partial charge >= 0.3 is 12.1 Å². The van der Waals surface area contributed by atoms with Gasteiger partial charge in [0.15, 0.2) is 0 Å². The fraction of sp³-hybridized carbons (Fsp3) is 0.417. The van der Waals surface area contributed by atoms with Crippen molar-refractivity contribution >= 4 is 5.97 Å². The van der Waals surface area contributed by atoms with Gasteiger partial charge in [-0.05, 0) is 24.6 Å². The van der Waals surface area contributed by atoms with E-state index in [9.17, 15) is 18.0 Å². The highest BCUT2D eigenvalue weighted by Gasteiger charge is 2.30. The van der Waals surface area contributed by atoms with Gasteiger partial charge in [0.05, 0.1) is 12.0 Å². The Kier molecular flexibility index (Phi) is 4.34. The lowest BCUT2D eigenvalue weighted by atomic mass is 9.89. The van der Waals surface area contributed by atoms with Crippen molar-refractivity contribution in [2.75, 3.05) is 0 Å². The third-order valence-electron chi connectivity index (χ3n) is 2.70. The zero-order valence-corrected chi connectivity index (χ0v) is 9.74. The molecule has 18 heavy (non-hydrogen) atoms. The smallest absolute Gasteiger partial charge is 0.416 e. The summed E-state index contributed by atoms with van der Waals surface area (Å²) in [5, 5.41) is 8.74. The van der Waals surface area contributed by atoms with E-state index in [1.807, 2.05) is 0 Å². The minimum atomic E-state index is -4.39. The van der Waals surface area contributed by atoms with Crippen molar-refractivity contribution in [3.05, 3.63) is 35.4 Å². The second-order valence-corrected chi connectivity index (χ2v) is 4.18. The summed E-state index contributed by atoms with van der Waals surface area (Å²) in [6, 6.07) is 3.98. The molecule has 2 atom stereocenters. The molecule has 0 aliphatic rings. The Balaban J connectivity index is 2.97. The predicted octanol–water partition coefficient (Wildman–Crippen LogP) is 2.61. The van der Waals surface area contributed by atoms with Crippen molar-refractivity contribution in [2.24, 2.45) is 5.73 Å². The maximum absolute atomic E-state index is 12.4. The molecule has 6 heteroatoms. The molecule has 1 rings (SSSR count). The molecule has 0 heterocycles. The lowest BCUT2D eigenvalue weighted by Crippen LogP contribution is -2.26. The number of alkyl halides is 3. The van der Waals surface area contributed by atoms with Crippen molar-refractivity contribution in [3.8, 4) is 0 Å². The molecule has 3 nitrogen and oxygen atoms in total. The van der Waals surface area contributed by atoms with E-state index >= 15 is 0 Å². The van der Waals surface area contributed by atoms with Crippen LogP contribution in [0.3, 0.4) is 0 Å². The van der Waals surface area contributed by atoms with Gasteiger partial charge in [0, 0.05) is 12.0 Å². The molecule has 0 saturated carbocycles. The van der Waals surface area contributed by atoms with Crippen molar-refractivity contribution in [1.82, 2.24) is 0 Å². The molecule has 1 aromatic rings. The molecule has 0 bridgehead atoms. The van der Waals surface area contributed by atoms with E-state index in [1.54, 1.807) is 6.92 Å². The first kappa shape index (κ1) is 14.5. The number of benzene rings is 1. The van der Waals surface area contributed by atoms with Crippen LogP contribution in [0, 0.1) is 0 Å². The summed E-state index contributed by atoms with van der Waals surface area (Å²) in [5.74, 6) is -1.53. The summed E-state index contributed by atoms with van der Waals surface area (Å²) in [6.45, 7) is 1.63. The molecule has 0 amide bonds. The van der Waals surface area contributed by atoms with Crippen molar-refractivity contribution in [2.45, 2.75) is 31.5 Å². The van der Waals surface area contributed by atoms with E-state index in [1.165, 1.54) is 12.1 Å². The molecule has 0 radical (unpaired) electrons. The molecule has 0 spiro atoms. The van der Waals surface area contributed by atoms with E-state index in [0.717, 1.165) is 12.1 Å². The van der Waals surface area contributed by atoms with Gasteiger partial charge in [0.2, 0.25) is 0 Å². The molecule has 0 aromatic heterocycles. The molecule has 0 saturated heterocycles. The summed E-state index contributed by atoms with van der Waals surface area (Å²) < 4.78 is 37.1. The van der Waals surface area contributed by atoms with Crippen LogP contribution in [0.5, 0.6) is 0 Å². The Bertz CT molecular complexity index is 412. The first-order chi connectivity index (χ1) is 8.21. The first-order valence-electron chi connectivity index (χ1n) is 5.36. The van der Waals surface area contributed by atoms with Gasteiger partial charge in [0.1, 0.15) is 0 Å². The Morgan fingerprint density at radius 1 is 1.33 bits per heavy atom. The molecule has 0 fully saturated rings. The number of carboxylic acid groups (broad SMARTS) is 1. The number of rotatable bonds is 4. The number of hydrogen-bond donors (Lipinski definition) is 2. The number of carbonyl (C=O) groups is 1. The quantitative estimate of drug-likeness (QED) is 0.875. The monoisotopic (exact) mass is 261 g/mol. The lowest BCUT2D eigenvalue weighted by molar-refractivity contribution is -0.138. The van der Waals surface area contributed by atoms with Crippen LogP contribution in [0.25, 0.3) is 0 Å². The zero-order valence-electron chi connectivity index (χ0n) is 9.74. The van der Waals surface area contributed by atoms with Gasteiger partial charge in [-0.3, -0.25) is 4.79 Å². The molecular weight excluding hydrogens is 247 g/mol. The van der Waals surface area contributed by atoms with Crippen molar-refractivity contribution in [3.63, 3.8) is 0 Å². The van der Waals surface area contributed by atoms with Crippen molar-refractivity contribution in [1.29, 1.82) is 0 Å². The van der Waals surface area contributed by atoms with Gasteiger partial charge in [-0.1, -0.05) is 12.1 Å². The highest BCUT2D eigenvalue weighted by Crippen LogP contribution is 2.31. The van der Waals surface area contributed by atoms with Crippen LogP contribution < -0.4 is 5.73 Å². The summed E-state index contributed by atoms with van der Waals surface area (Å²) >= 11 is 0. The van der Waals surface area contributed by atoms with Crippen LogP contribution >= 0.6 is 0 Å². The second kappa shape index (κ2) is 5.39. The van der Waals surface area contributed by atoms with Gasteiger partial charge in [0.25, 0.3) is 0 Å². The molecule has 2 unspecified atom stereocenters. The summed E-state index contributed by atoms with van der Waals surface area (Å²) in [4.78, 5) is 10.7. The highest BCUT2D eigenvalue weighted by atomic mass is 19.4. The lowest BCUT2D eigenvalue weighted by Gasteiger charge is -2.19. The minimum absolute atomic E-state index is 0.205. The summed E-state index contributed by atoms with van der Waals surface area (Å²) in [6.07, 6.45) is -4.60. The number of nitrogens with two attached hydrogens (primary N) is 1. The Labute approximate surface area is 102 Å². The Hall–Kier alpha value is -1.56. The van der Waals surface area contributed by atoms with Gasteiger partial charge in [-0.15, -0.1) is 0 Å². The fourth-order valence-corrected chi connectivity index (χ4v) is 1.71. The van der Waals surface area contributed by atoms with Crippen LogP contribution in [0.1, 0.15) is 30.4 Å². The van der Waals surface area contributed by atoms with Crippen molar-refractivity contribution < 1.29 is 23.1 Å². The third kappa shape index (κ3) is 3.73. The molecular formula is C12H14F3NO2. The van der Waals surface area contributed by atoms with E-state index in [0.29, 0.717) is 5.56 Å². The Morgan fingerprint density at radius 3 is 2.17 bits per heavy atom. The van der Waals surface area contributed by atoms with E-state index in [-0.39, 0.29) is 6.42 Å². The number of carboxylic acids is 1. The first-order valence-corrected chi connectivity index (χ1v) is 5.36. The maximum atomic E-state index is 12.4. The van der Waals surface area contributed by atoms with Crippen LogP contribution in [0.4, 0.5) is 13.2 Å². The van der Waals surface area contributed by atoms with E-state index < -0.39 is 29.7 Å². The standard InChI is InChI=1S/C12H14F3NO2/c1-7(16)10(6-11(17)18)8-2-4-9(5-3-8)12(13,14)15/h2-5,7,10H,6,16H2,1H3,(H,17,18). The maximum Gasteiger partial charge on any atom is 0.416 e. The number of hydrogen-bond acceptors (Lipinski definition) is 2.